The Kier molecular flexibility index (Phi) is 4.27. The van der Waals surface area contributed by atoms with Crippen molar-refractivity contribution in [1.82, 2.24) is 0 Å². The van der Waals surface area contributed by atoms with Gasteiger partial charge in [0.15, 0.2) is 27.9 Å². The average Bonchev–Trinajstić information content (AvgIpc) is 2.82. The van der Waals surface area contributed by atoms with Crippen LogP contribution in [-0.2, 0) is 19.0 Å². The Morgan fingerprint density at radius 2 is 1.64 bits per heavy atom. The predicted octanol–water partition coefficient (Wildman–Crippen LogP) is 1.37. The van der Waals surface area contributed by atoms with Gasteiger partial charge >= 0.3 is 17.9 Å². The maximum absolute atomic E-state index is 11.8. The summed E-state index contributed by atoms with van der Waals surface area (Å²) < 4.78 is 25.4. The molecule has 0 N–H and O–H groups in total. The number of ether oxygens (including phenoxy) is 5. The summed E-state index contributed by atoms with van der Waals surface area (Å²) in [6.07, 6.45) is 0. The maximum atomic E-state index is 11.8. The average molecular weight is 330 g/mol. The lowest BCUT2D eigenvalue weighted by Gasteiger charge is -2.33. The first-order valence-electron chi connectivity index (χ1n) is 6.16. The summed E-state index contributed by atoms with van der Waals surface area (Å²) >= 11 is 0.821. The quantitative estimate of drug-likeness (QED) is 0.605. The van der Waals surface area contributed by atoms with E-state index in [0.717, 1.165) is 11.3 Å². The molecular formula is C13H14O8S. The lowest BCUT2D eigenvalue weighted by Crippen LogP contribution is -2.45. The van der Waals surface area contributed by atoms with Crippen molar-refractivity contribution in [2.45, 2.75) is 19.6 Å². The first-order chi connectivity index (χ1) is 10.3. The molecule has 0 aromatic carbocycles. The zero-order valence-corrected chi connectivity index (χ0v) is 13.2. The number of rotatable bonds is 3. The molecule has 0 bridgehead atoms. The molecule has 1 atom stereocenters. The zero-order valence-electron chi connectivity index (χ0n) is 12.4. The second-order valence-electron chi connectivity index (χ2n) is 4.52. The summed E-state index contributed by atoms with van der Waals surface area (Å²) in [7, 11) is 2.40. The van der Waals surface area contributed by atoms with Gasteiger partial charge in [0, 0.05) is 13.8 Å². The summed E-state index contributed by atoms with van der Waals surface area (Å²) in [5.74, 6) is -3.29. The van der Waals surface area contributed by atoms with Gasteiger partial charge in [0.2, 0.25) is 0 Å². The van der Waals surface area contributed by atoms with Crippen molar-refractivity contribution in [1.29, 1.82) is 0 Å². The number of carbonyl (C=O) groups is 3. The van der Waals surface area contributed by atoms with Gasteiger partial charge in [0.05, 0.1) is 14.2 Å². The second kappa shape index (κ2) is 5.84. The molecule has 0 amide bonds. The molecule has 0 spiro atoms. The number of fused-ring (bicyclic) bond motifs is 1. The van der Waals surface area contributed by atoms with Crippen LogP contribution in [0.15, 0.2) is 0 Å². The molecule has 1 aliphatic rings. The van der Waals surface area contributed by atoms with E-state index in [1.54, 1.807) is 0 Å². The molecule has 0 radical (unpaired) electrons. The molecule has 9 heteroatoms. The number of carbonyl (C=O) groups excluding carboxylic acids is 3. The Labute approximate surface area is 129 Å². The Bertz CT molecular complexity index is 634. The van der Waals surface area contributed by atoms with E-state index in [9.17, 15) is 14.4 Å². The lowest BCUT2D eigenvalue weighted by molar-refractivity contribution is -0.205. The van der Waals surface area contributed by atoms with Crippen molar-refractivity contribution >= 4 is 29.2 Å². The third kappa shape index (κ3) is 2.84. The van der Waals surface area contributed by atoms with E-state index in [1.807, 2.05) is 0 Å². The van der Waals surface area contributed by atoms with E-state index in [2.05, 4.69) is 9.47 Å². The summed E-state index contributed by atoms with van der Waals surface area (Å²) in [5, 5.41) is 0. The van der Waals surface area contributed by atoms with Crippen molar-refractivity contribution in [2.75, 3.05) is 20.8 Å². The summed E-state index contributed by atoms with van der Waals surface area (Å²) in [6.45, 7) is 2.56. The predicted molar refractivity (Wildman–Crippen MR) is 73.3 cm³/mol. The molecule has 1 unspecified atom stereocenters. The Morgan fingerprint density at radius 1 is 1.09 bits per heavy atom. The van der Waals surface area contributed by atoms with E-state index >= 15 is 0 Å². The molecule has 1 aromatic heterocycles. The third-order valence-corrected chi connectivity index (χ3v) is 3.83. The van der Waals surface area contributed by atoms with Crippen LogP contribution in [0.2, 0.25) is 0 Å². The molecular weight excluding hydrogens is 316 g/mol. The molecule has 0 aliphatic carbocycles. The topological polar surface area (TPSA) is 97.4 Å². The molecule has 2 heterocycles. The van der Waals surface area contributed by atoms with Crippen LogP contribution in [0.3, 0.4) is 0 Å². The maximum Gasteiger partial charge on any atom is 0.352 e. The number of hydrogen-bond donors (Lipinski definition) is 0. The van der Waals surface area contributed by atoms with E-state index in [-0.39, 0.29) is 27.9 Å². The van der Waals surface area contributed by atoms with Gasteiger partial charge in [0.1, 0.15) is 0 Å². The van der Waals surface area contributed by atoms with Crippen molar-refractivity contribution in [2.24, 2.45) is 0 Å². The normalized spacial score (nSPS) is 19.3. The van der Waals surface area contributed by atoms with Crippen LogP contribution >= 0.6 is 11.3 Å². The SMILES string of the molecule is COC(=O)c1sc(C(=O)OC)c2c1OCC(C)(OC(C)=O)O2. The van der Waals surface area contributed by atoms with Gasteiger partial charge in [-0.05, 0) is 0 Å². The van der Waals surface area contributed by atoms with Crippen molar-refractivity contribution in [3.8, 4) is 11.5 Å². The Balaban J connectivity index is 2.48. The standard InChI is InChI=1S/C13H14O8S/c1-6(14)20-13(2)5-19-7-8(21-13)10(12(16)18-4)22-9(7)11(15)17-3/h5H2,1-4H3. The molecule has 0 saturated carbocycles. The summed E-state index contributed by atoms with van der Waals surface area (Å²) in [5.41, 5.74) is 0. The monoisotopic (exact) mass is 330 g/mol. The van der Waals surface area contributed by atoms with Crippen LogP contribution < -0.4 is 9.47 Å². The minimum atomic E-state index is -1.41. The highest BCUT2D eigenvalue weighted by molar-refractivity contribution is 7.16. The van der Waals surface area contributed by atoms with Crippen molar-refractivity contribution in [3.05, 3.63) is 9.75 Å². The molecule has 120 valence electrons. The van der Waals surface area contributed by atoms with Crippen LogP contribution in [-0.4, -0.2) is 44.5 Å². The van der Waals surface area contributed by atoms with Gasteiger partial charge in [-0.25, -0.2) is 9.59 Å². The number of esters is 3. The molecule has 2 rings (SSSR count). The van der Waals surface area contributed by atoms with Crippen LogP contribution in [0.1, 0.15) is 33.2 Å². The van der Waals surface area contributed by atoms with Gasteiger partial charge in [-0.3, -0.25) is 4.79 Å². The first kappa shape index (κ1) is 16.1. The van der Waals surface area contributed by atoms with Crippen molar-refractivity contribution < 1.29 is 38.1 Å². The third-order valence-electron chi connectivity index (χ3n) is 2.72. The summed E-state index contributed by atoms with van der Waals surface area (Å²) in [4.78, 5) is 34.8. The largest absolute Gasteiger partial charge is 0.480 e. The van der Waals surface area contributed by atoms with Gasteiger partial charge < -0.3 is 23.7 Å². The van der Waals surface area contributed by atoms with E-state index in [0.29, 0.717) is 0 Å². The molecule has 22 heavy (non-hydrogen) atoms. The van der Waals surface area contributed by atoms with Gasteiger partial charge in [-0.1, -0.05) is 0 Å². The van der Waals surface area contributed by atoms with Gasteiger partial charge in [-0.15, -0.1) is 11.3 Å². The number of hydrogen-bond acceptors (Lipinski definition) is 9. The van der Waals surface area contributed by atoms with Crippen LogP contribution in [0.5, 0.6) is 11.5 Å². The first-order valence-corrected chi connectivity index (χ1v) is 6.97. The molecule has 0 fully saturated rings. The zero-order chi connectivity index (χ0) is 16.5. The van der Waals surface area contributed by atoms with Crippen molar-refractivity contribution in [3.63, 3.8) is 0 Å². The second-order valence-corrected chi connectivity index (χ2v) is 5.54. The van der Waals surface area contributed by atoms with Crippen LogP contribution in [0, 0.1) is 0 Å². The fourth-order valence-electron chi connectivity index (χ4n) is 1.88. The number of thiophene rings is 1. The highest BCUT2D eigenvalue weighted by Gasteiger charge is 2.42. The molecule has 8 nitrogen and oxygen atoms in total. The minimum Gasteiger partial charge on any atom is -0.480 e. The molecule has 1 aromatic rings. The Hall–Kier alpha value is -2.29. The van der Waals surface area contributed by atoms with Gasteiger partial charge in [-0.2, -0.15) is 0 Å². The van der Waals surface area contributed by atoms with Gasteiger partial charge in [0.25, 0.3) is 5.79 Å². The summed E-state index contributed by atoms with van der Waals surface area (Å²) in [6, 6.07) is 0. The smallest absolute Gasteiger partial charge is 0.352 e. The highest BCUT2D eigenvalue weighted by atomic mass is 32.1. The lowest BCUT2D eigenvalue weighted by atomic mass is 10.2. The fraction of sp³-hybridized carbons (Fsp3) is 0.462. The van der Waals surface area contributed by atoms with Crippen LogP contribution in [0.4, 0.5) is 0 Å². The van der Waals surface area contributed by atoms with E-state index in [1.165, 1.54) is 28.1 Å². The van der Waals surface area contributed by atoms with Crippen LogP contribution in [0.25, 0.3) is 0 Å². The number of methoxy groups -OCH3 is 2. The van der Waals surface area contributed by atoms with E-state index < -0.39 is 23.7 Å². The molecule has 1 aliphatic heterocycles. The fourth-order valence-corrected chi connectivity index (χ4v) is 2.89. The molecule has 0 saturated heterocycles. The Morgan fingerprint density at radius 3 is 2.14 bits per heavy atom. The highest BCUT2D eigenvalue weighted by Crippen LogP contribution is 2.47. The minimum absolute atomic E-state index is 0.00718. The van der Waals surface area contributed by atoms with E-state index in [4.69, 9.17) is 14.2 Å².